The number of carboxylic acid groups (broad SMARTS) is 1. The van der Waals surface area contributed by atoms with Crippen LogP contribution in [0.25, 0.3) is 0 Å². The first kappa shape index (κ1) is 15.9. The number of nitrogens with one attached hydrogen (secondary N) is 1. The molecule has 1 aliphatic carbocycles. The van der Waals surface area contributed by atoms with Gasteiger partial charge in [0.05, 0.1) is 5.92 Å². The van der Waals surface area contributed by atoms with Gasteiger partial charge in [0.15, 0.2) is 11.6 Å². The second kappa shape index (κ2) is 6.51. The topological polar surface area (TPSA) is 66.4 Å². The van der Waals surface area contributed by atoms with Crippen LogP contribution < -0.4 is 5.32 Å². The summed E-state index contributed by atoms with van der Waals surface area (Å²) in [7, 11) is 0. The number of rotatable bonds is 3. The second-order valence-corrected chi connectivity index (χ2v) is 6.04. The number of hydrogen-bond acceptors (Lipinski definition) is 2. The highest BCUT2D eigenvalue weighted by Crippen LogP contribution is 2.31. The first-order valence-corrected chi connectivity index (χ1v) is 7.36. The normalized spacial score (nSPS) is 21.9. The zero-order chi connectivity index (χ0) is 15.6. The molecule has 114 valence electrons. The smallest absolute Gasteiger partial charge is 0.306 e. The van der Waals surface area contributed by atoms with Crippen LogP contribution in [0.5, 0.6) is 0 Å². The van der Waals surface area contributed by atoms with Crippen LogP contribution in [0.4, 0.5) is 14.5 Å². The summed E-state index contributed by atoms with van der Waals surface area (Å²) in [5.74, 6) is -3.89. The molecule has 1 amide bonds. The average molecular weight is 362 g/mol. The number of aliphatic carboxylic acids is 1. The molecule has 0 radical (unpaired) electrons. The largest absolute Gasteiger partial charge is 0.481 e. The number of anilines is 1. The van der Waals surface area contributed by atoms with Gasteiger partial charge in [0.1, 0.15) is 5.69 Å². The van der Waals surface area contributed by atoms with E-state index in [4.69, 9.17) is 5.11 Å². The Morgan fingerprint density at radius 2 is 1.57 bits per heavy atom. The summed E-state index contributed by atoms with van der Waals surface area (Å²) < 4.78 is 27.5. The maximum absolute atomic E-state index is 13.6. The molecule has 0 saturated heterocycles. The van der Waals surface area contributed by atoms with Crippen LogP contribution >= 0.6 is 15.9 Å². The summed E-state index contributed by atoms with van der Waals surface area (Å²) in [5, 5.41) is 11.2. The molecule has 0 atom stereocenters. The molecule has 4 nitrogen and oxygen atoms in total. The Morgan fingerprint density at radius 1 is 1.10 bits per heavy atom. The monoisotopic (exact) mass is 361 g/mol. The van der Waals surface area contributed by atoms with Crippen LogP contribution in [-0.2, 0) is 9.59 Å². The molecule has 0 unspecified atom stereocenters. The van der Waals surface area contributed by atoms with E-state index in [1.165, 1.54) is 0 Å². The van der Waals surface area contributed by atoms with E-state index >= 15 is 0 Å². The Morgan fingerprint density at radius 3 is 2.05 bits per heavy atom. The van der Waals surface area contributed by atoms with Crippen LogP contribution in [-0.4, -0.2) is 17.0 Å². The minimum Gasteiger partial charge on any atom is -0.481 e. The maximum Gasteiger partial charge on any atom is 0.306 e. The van der Waals surface area contributed by atoms with Gasteiger partial charge in [0.2, 0.25) is 5.91 Å². The van der Waals surface area contributed by atoms with Crippen molar-refractivity contribution in [3.63, 3.8) is 0 Å². The molecule has 0 bridgehead atoms. The average Bonchev–Trinajstić information content (AvgIpc) is 2.42. The third-order valence-electron chi connectivity index (χ3n) is 3.70. The number of benzene rings is 1. The Labute approximate surface area is 128 Å². The highest BCUT2D eigenvalue weighted by molar-refractivity contribution is 9.10. The Hall–Kier alpha value is -1.50. The van der Waals surface area contributed by atoms with E-state index in [1.54, 1.807) is 0 Å². The molecule has 0 heterocycles. The molecule has 21 heavy (non-hydrogen) atoms. The molecule has 1 saturated carbocycles. The van der Waals surface area contributed by atoms with Crippen LogP contribution in [0, 0.1) is 23.5 Å². The number of carboxylic acids is 1. The molecule has 7 heteroatoms. The molecular weight excluding hydrogens is 348 g/mol. The van der Waals surface area contributed by atoms with Gasteiger partial charge in [0, 0.05) is 10.4 Å². The van der Waals surface area contributed by atoms with Gasteiger partial charge in [-0.05, 0) is 37.8 Å². The molecular formula is C14H14BrF2NO3. The SMILES string of the molecule is O=C(O)C1CCC(C(=O)Nc2c(F)cc(Br)cc2F)CC1. The Bertz CT molecular complexity index is 548. The van der Waals surface area contributed by atoms with Crippen molar-refractivity contribution in [2.24, 2.45) is 11.8 Å². The van der Waals surface area contributed by atoms with Gasteiger partial charge in [0.25, 0.3) is 0 Å². The lowest BCUT2D eigenvalue weighted by molar-refractivity contribution is -0.143. The molecule has 1 aromatic rings. The third-order valence-corrected chi connectivity index (χ3v) is 4.16. The fourth-order valence-electron chi connectivity index (χ4n) is 2.49. The zero-order valence-electron chi connectivity index (χ0n) is 11.0. The highest BCUT2D eigenvalue weighted by Gasteiger charge is 2.30. The number of hydrogen-bond donors (Lipinski definition) is 2. The summed E-state index contributed by atoms with van der Waals surface area (Å²) in [6.07, 6.45) is 1.61. The number of halogens is 3. The quantitative estimate of drug-likeness (QED) is 0.864. The lowest BCUT2D eigenvalue weighted by atomic mass is 9.81. The summed E-state index contributed by atoms with van der Waals surface area (Å²) in [5.41, 5.74) is -0.469. The van der Waals surface area contributed by atoms with Crippen molar-refractivity contribution in [2.45, 2.75) is 25.7 Å². The van der Waals surface area contributed by atoms with E-state index in [-0.39, 0.29) is 4.47 Å². The van der Waals surface area contributed by atoms with Crippen molar-refractivity contribution < 1.29 is 23.5 Å². The van der Waals surface area contributed by atoms with E-state index in [9.17, 15) is 18.4 Å². The Kier molecular flexibility index (Phi) is 4.92. The minimum absolute atomic E-state index is 0.248. The first-order chi connectivity index (χ1) is 9.88. The van der Waals surface area contributed by atoms with Gasteiger partial charge in [-0.2, -0.15) is 0 Å². The predicted molar refractivity (Wildman–Crippen MR) is 75.8 cm³/mol. The summed E-state index contributed by atoms with van der Waals surface area (Å²) in [6.45, 7) is 0. The van der Waals surface area contributed by atoms with Gasteiger partial charge in [-0.1, -0.05) is 15.9 Å². The lowest BCUT2D eigenvalue weighted by Crippen LogP contribution is -2.30. The first-order valence-electron chi connectivity index (χ1n) is 6.56. The summed E-state index contributed by atoms with van der Waals surface area (Å²) in [6, 6.07) is 2.14. The van der Waals surface area contributed by atoms with Gasteiger partial charge < -0.3 is 10.4 Å². The van der Waals surface area contributed by atoms with Gasteiger partial charge in [-0.25, -0.2) is 8.78 Å². The van der Waals surface area contributed by atoms with Crippen molar-refractivity contribution >= 4 is 33.5 Å². The molecule has 1 fully saturated rings. The molecule has 0 aromatic heterocycles. The second-order valence-electron chi connectivity index (χ2n) is 5.12. The molecule has 1 aliphatic rings. The lowest BCUT2D eigenvalue weighted by Gasteiger charge is -2.25. The zero-order valence-corrected chi connectivity index (χ0v) is 12.6. The number of amides is 1. The number of carbonyl (C=O) groups excluding carboxylic acids is 1. The molecule has 1 aromatic carbocycles. The van der Waals surface area contributed by atoms with E-state index in [0.717, 1.165) is 12.1 Å². The third kappa shape index (κ3) is 3.78. The van der Waals surface area contributed by atoms with Crippen LogP contribution in [0.2, 0.25) is 0 Å². The summed E-state index contributed by atoms with van der Waals surface area (Å²) in [4.78, 5) is 22.9. The van der Waals surface area contributed by atoms with Crippen molar-refractivity contribution in [1.29, 1.82) is 0 Å². The van der Waals surface area contributed by atoms with Gasteiger partial charge in [-0.3, -0.25) is 9.59 Å². The van der Waals surface area contributed by atoms with E-state index in [2.05, 4.69) is 21.2 Å². The summed E-state index contributed by atoms with van der Waals surface area (Å²) >= 11 is 2.96. The molecule has 0 aliphatic heterocycles. The van der Waals surface area contributed by atoms with Crippen molar-refractivity contribution in [3.05, 3.63) is 28.2 Å². The van der Waals surface area contributed by atoms with Crippen molar-refractivity contribution in [3.8, 4) is 0 Å². The maximum atomic E-state index is 13.6. The van der Waals surface area contributed by atoms with Crippen LogP contribution in [0.1, 0.15) is 25.7 Å². The molecule has 0 spiro atoms. The van der Waals surface area contributed by atoms with Crippen LogP contribution in [0.3, 0.4) is 0 Å². The van der Waals surface area contributed by atoms with Crippen molar-refractivity contribution in [2.75, 3.05) is 5.32 Å². The Balaban J connectivity index is 2.01. The fraction of sp³-hybridized carbons (Fsp3) is 0.429. The standard InChI is InChI=1S/C14H14BrF2NO3/c15-9-5-10(16)12(11(17)6-9)18-13(19)7-1-3-8(4-2-7)14(20)21/h5-8H,1-4H2,(H,18,19)(H,20,21). The molecule has 2 rings (SSSR count). The highest BCUT2D eigenvalue weighted by atomic mass is 79.9. The molecule has 2 N–H and O–H groups in total. The fourth-order valence-corrected chi connectivity index (χ4v) is 2.89. The van der Waals surface area contributed by atoms with E-state index in [1.807, 2.05) is 0 Å². The predicted octanol–water partition coefficient (Wildman–Crippen LogP) is 3.56. The van der Waals surface area contributed by atoms with E-state index < -0.39 is 41.0 Å². The van der Waals surface area contributed by atoms with Gasteiger partial charge >= 0.3 is 5.97 Å². The number of carbonyl (C=O) groups is 2. The minimum atomic E-state index is -0.862. The van der Waals surface area contributed by atoms with Crippen LogP contribution in [0.15, 0.2) is 16.6 Å². The van der Waals surface area contributed by atoms with Gasteiger partial charge in [-0.15, -0.1) is 0 Å². The van der Waals surface area contributed by atoms with Crippen molar-refractivity contribution in [1.82, 2.24) is 0 Å². The van der Waals surface area contributed by atoms with E-state index in [0.29, 0.717) is 25.7 Å².